The van der Waals surface area contributed by atoms with Crippen LogP contribution in [-0.4, -0.2) is 16.5 Å². The SMILES string of the molecule is CCCCCCC(C(C)(C)C)C(O)(C(=O)C1CCCCC1)C(C)(C)C. The molecule has 25 heavy (non-hydrogen) atoms. The van der Waals surface area contributed by atoms with Crippen molar-refractivity contribution in [2.75, 3.05) is 0 Å². The second-order valence-corrected chi connectivity index (χ2v) is 10.5. The monoisotopic (exact) mass is 352 g/mol. The highest BCUT2D eigenvalue weighted by Gasteiger charge is 2.56. The molecule has 0 heterocycles. The summed E-state index contributed by atoms with van der Waals surface area (Å²) in [5.74, 6) is 0.194. The molecule has 148 valence electrons. The number of carbonyl (C=O) groups excluding carboxylic acids is 1. The molecule has 0 radical (unpaired) electrons. The molecule has 0 aromatic carbocycles. The fourth-order valence-electron chi connectivity index (χ4n) is 4.78. The third-order valence-corrected chi connectivity index (χ3v) is 6.39. The van der Waals surface area contributed by atoms with E-state index in [0.29, 0.717) is 0 Å². The Kier molecular flexibility index (Phi) is 8.18. The maximum absolute atomic E-state index is 13.6. The number of aliphatic hydroxyl groups is 1. The highest BCUT2D eigenvalue weighted by Crippen LogP contribution is 2.49. The lowest BCUT2D eigenvalue weighted by Gasteiger charge is -2.51. The van der Waals surface area contributed by atoms with Crippen LogP contribution in [0, 0.1) is 22.7 Å². The minimum absolute atomic E-state index is 0.00582. The quantitative estimate of drug-likeness (QED) is 0.503. The average Bonchev–Trinajstić information content (AvgIpc) is 2.52. The van der Waals surface area contributed by atoms with Crippen molar-refractivity contribution in [2.24, 2.45) is 22.7 Å². The topological polar surface area (TPSA) is 37.3 Å². The van der Waals surface area contributed by atoms with E-state index in [1.807, 2.05) is 0 Å². The lowest BCUT2D eigenvalue weighted by atomic mass is 9.56. The summed E-state index contributed by atoms with van der Waals surface area (Å²) in [4.78, 5) is 13.6. The van der Waals surface area contributed by atoms with Gasteiger partial charge in [-0.25, -0.2) is 0 Å². The van der Waals surface area contributed by atoms with Gasteiger partial charge >= 0.3 is 0 Å². The largest absolute Gasteiger partial charge is 0.381 e. The lowest BCUT2D eigenvalue weighted by molar-refractivity contribution is -0.176. The number of ketones is 1. The van der Waals surface area contributed by atoms with E-state index in [2.05, 4.69) is 48.5 Å². The summed E-state index contributed by atoms with van der Waals surface area (Å²) in [6.07, 6.45) is 11.1. The van der Waals surface area contributed by atoms with Crippen LogP contribution in [0.2, 0.25) is 0 Å². The minimum Gasteiger partial charge on any atom is -0.381 e. The molecule has 0 amide bonds. The first-order valence-corrected chi connectivity index (χ1v) is 10.7. The summed E-state index contributed by atoms with van der Waals surface area (Å²) < 4.78 is 0. The molecular weight excluding hydrogens is 308 g/mol. The number of unbranched alkanes of at least 4 members (excludes halogenated alkanes) is 3. The van der Waals surface area contributed by atoms with Crippen LogP contribution in [0.3, 0.4) is 0 Å². The van der Waals surface area contributed by atoms with E-state index in [4.69, 9.17) is 0 Å². The zero-order chi connectivity index (χ0) is 19.3. The van der Waals surface area contributed by atoms with Gasteiger partial charge in [0, 0.05) is 11.8 Å². The average molecular weight is 353 g/mol. The van der Waals surface area contributed by atoms with Crippen molar-refractivity contribution < 1.29 is 9.90 Å². The van der Waals surface area contributed by atoms with E-state index in [1.165, 1.54) is 25.7 Å². The van der Waals surface area contributed by atoms with Crippen LogP contribution >= 0.6 is 0 Å². The second-order valence-electron chi connectivity index (χ2n) is 10.5. The molecule has 2 heteroatoms. The van der Waals surface area contributed by atoms with Gasteiger partial charge in [-0.2, -0.15) is 0 Å². The Morgan fingerprint density at radius 3 is 1.96 bits per heavy atom. The fraction of sp³-hybridized carbons (Fsp3) is 0.957. The molecule has 2 nitrogen and oxygen atoms in total. The predicted octanol–water partition coefficient (Wildman–Crippen LogP) is 6.55. The van der Waals surface area contributed by atoms with Crippen LogP contribution in [0.1, 0.15) is 113 Å². The number of hydrogen-bond acceptors (Lipinski definition) is 2. The summed E-state index contributed by atoms with van der Waals surface area (Å²) in [5, 5.41) is 12.0. The van der Waals surface area contributed by atoms with Crippen LogP contribution in [0.5, 0.6) is 0 Å². The molecule has 1 saturated carbocycles. The molecule has 2 unspecified atom stereocenters. The van der Waals surface area contributed by atoms with Crippen LogP contribution in [0.4, 0.5) is 0 Å². The molecule has 0 bridgehead atoms. The fourth-order valence-corrected chi connectivity index (χ4v) is 4.78. The highest BCUT2D eigenvalue weighted by atomic mass is 16.3. The van der Waals surface area contributed by atoms with E-state index in [1.54, 1.807) is 0 Å². The van der Waals surface area contributed by atoms with Gasteiger partial charge in [-0.05, 0) is 30.1 Å². The van der Waals surface area contributed by atoms with Gasteiger partial charge in [0.15, 0.2) is 5.78 Å². The van der Waals surface area contributed by atoms with Crippen molar-refractivity contribution in [3.8, 4) is 0 Å². The van der Waals surface area contributed by atoms with Crippen molar-refractivity contribution in [2.45, 2.75) is 118 Å². The van der Waals surface area contributed by atoms with Gasteiger partial charge in [-0.15, -0.1) is 0 Å². The molecule has 0 aromatic heterocycles. The van der Waals surface area contributed by atoms with Gasteiger partial charge in [-0.1, -0.05) is 93.4 Å². The van der Waals surface area contributed by atoms with E-state index >= 15 is 0 Å². The third kappa shape index (κ3) is 5.55. The summed E-state index contributed by atoms with van der Waals surface area (Å²) >= 11 is 0. The lowest BCUT2D eigenvalue weighted by Crippen LogP contribution is -2.60. The van der Waals surface area contributed by atoms with E-state index in [-0.39, 0.29) is 23.0 Å². The van der Waals surface area contributed by atoms with Gasteiger partial charge in [0.05, 0.1) is 0 Å². The normalized spacial score (nSPS) is 21.0. The van der Waals surface area contributed by atoms with Gasteiger partial charge in [-0.3, -0.25) is 4.79 Å². The molecule has 2 atom stereocenters. The predicted molar refractivity (Wildman–Crippen MR) is 108 cm³/mol. The van der Waals surface area contributed by atoms with Crippen LogP contribution in [0.25, 0.3) is 0 Å². The van der Waals surface area contributed by atoms with E-state index < -0.39 is 11.0 Å². The Morgan fingerprint density at radius 2 is 1.52 bits per heavy atom. The van der Waals surface area contributed by atoms with E-state index in [0.717, 1.165) is 38.5 Å². The first-order valence-electron chi connectivity index (χ1n) is 10.7. The van der Waals surface area contributed by atoms with Crippen molar-refractivity contribution in [3.63, 3.8) is 0 Å². The molecule has 1 aliphatic rings. The van der Waals surface area contributed by atoms with Crippen molar-refractivity contribution in [1.82, 2.24) is 0 Å². The Labute approximate surface area is 157 Å². The summed E-state index contributed by atoms with van der Waals surface area (Å²) in [5.41, 5.74) is -1.76. The molecule has 1 N–H and O–H groups in total. The molecule has 0 saturated heterocycles. The molecule has 1 fully saturated rings. The summed E-state index contributed by atoms with van der Waals surface area (Å²) in [7, 11) is 0. The van der Waals surface area contributed by atoms with Crippen LogP contribution < -0.4 is 0 Å². The molecule has 0 aliphatic heterocycles. The number of Topliss-reactive ketones (excluding diaryl/α,β-unsaturated/α-hetero) is 1. The van der Waals surface area contributed by atoms with Crippen molar-refractivity contribution in [3.05, 3.63) is 0 Å². The third-order valence-electron chi connectivity index (χ3n) is 6.39. The first-order chi connectivity index (χ1) is 11.5. The second kappa shape index (κ2) is 9.02. The standard InChI is InChI=1S/C23H44O2/c1-8-9-10-14-17-19(21(2,3)4)23(25,22(5,6)7)20(24)18-15-12-11-13-16-18/h18-19,25H,8-17H2,1-7H3. The van der Waals surface area contributed by atoms with E-state index in [9.17, 15) is 9.90 Å². The summed E-state index contributed by atoms with van der Waals surface area (Å²) in [6, 6.07) is 0. The molecule has 0 aromatic rings. The minimum atomic E-state index is -1.24. The number of carbonyl (C=O) groups is 1. The molecule has 1 aliphatic carbocycles. The number of rotatable bonds is 8. The first kappa shape index (κ1) is 22.7. The molecule has 1 rings (SSSR count). The van der Waals surface area contributed by atoms with Gasteiger partial charge < -0.3 is 5.11 Å². The van der Waals surface area contributed by atoms with Crippen LogP contribution in [0.15, 0.2) is 0 Å². The Morgan fingerprint density at radius 1 is 0.960 bits per heavy atom. The Balaban J connectivity index is 3.14. The highest BCUT2D eigenvalue weighted by molar-refractivity contribution is 5.90. The van der Waals surface area contributed by atoms with Crippen molar-refractivity contribution >= 4 is 5.78 Å². The molecular formula is C23H44O2. The van der Waals surface area contributed by atoms with Gasteiger partial charge in [0.25, 0.3) is 0 Å². The van der Waals surface area contributed by atoms with Crippen LogP contribution in [-0.2, 0) is 4.79 Å². The van der Waals surface area contributed by atoms with Gasteiger partial charge in [0.2, 0.25) is 0 Å². The number of hydrogen-bond donors (Lipinski definition) is 1. The molecule has 0 spiro atoms. The Hall–Kier alpha value is -0.370. The smallest absolute Gasteiger partial charge is 0.168 e. The summed E-state index contributed by atoms with van der Waals surface area (Å²) in [6.45, 7) is 15.0. The maximum Gasteiger partial charge on any atom is 0.168 e. The van der Waals surface area contributed by atoms with Crippen molar-refractivity contribution in [1.29, 1.82) is 0 Å². The maximum atomic E-state index is 13.6. The zero-order valence-corrected chi connectivity index (χ0v) is 18.1. The Bertz CT molecular complexity index is 407. The van der Waals surface area contributed by atoms with Gasteiger partial charge in [0.1, 0.15) is 5.60 Å². The zero-order valence-electron chi connectivity index (χ0n) is 18.1.